The van der Waals surface area contributed by atoms with Crippen molar-refractivity contribution in [1.82, 2.24) is 4.98 Å². The van der Waals surface area contributed by atoms with E-state index in [-0.39, 0.29) is 0 Å². The zero-order valence-corrected chi connectivity index (χ0v) is 10.5. The molecule has 0 radical (unpaired) electrons. The van der Waals surface area contributed by atoms with Crippen molar-refractivity contribution in [3.63, 3.8) is 0 Å². The first kappa shape index (κ1) is 11.9. The average molecular weight is 230 g/mol. The van der Waals surface area contributed by atoms with Crippen LogP contribution in [0.15, 0.2) is 6.07 Å². The summed E-state index contributed by atoms with van der Waals surface area (Å²) in [6.45, 7) is 1.95. The third kappa shape index (κ3) is 2.41. The van der Waals surface area contributed by atoms with E-state index in [0.29, 0.717) is 17.4 Å². The molecule has 0 atom stereocenters. The highest BCUT2D eigenvalue weighted by Gasteiger charge is 2.19. The summed E-state index contributed by atoms with van der Waals surface area (Å²) in [7, 11) is 1.58. The summed E-state index contributed by atoms with van der Waals surface area (Å²) in [4.78, 5) is 4.50. The third-order valence-corrected chi connectivity index (χ3v) is 3.53. The van der Waals surface area contributed by atoms with Gasteiger partial charge in [-0.05, 0) is 31.4 Å². The van der Waals surface area contributed by atoms with Crippen LogP contribution in [0, 0.1) is 18.3 Å². The standard InChI is InChI=1S/C14H18N2O/c1-10-8-13(11-6-4-3-5-7-11)16-14(17-2)12(10)9-15/h8,11H,3-7H2,1-2H3. The van der Waals surface area contributed by atoms with Crippen molar-refractivity contribution >= 4 is 0 Å². The first-order valence-electron chi connectivity index (χ1n) is 6.22. The summed E-state index contributed by atoms with van der Waals surface area (Å²) in [5.74, 6) is 1.03. The molecule has 1 heterocycles. The van der Waals surface area contributed by atoms with Crippen LogP contribution in [0.5, 0.6) is 5.88 Å². The molecule has 1 aromatic heterocycles. The lowest BCUT2D eigenvalue weighted by Gasteiger charge is -2.22. The first-order chi connectivity index (χ1) is 8.26. The van der Waals surface area contributed by atoms with Gasteiger partial charge in [-0.15, -0.1) is 0 Å². The number of nitriles is 1. The Morgan fingerprint density at radius 1 is 1.35 bits per heavy atom. The number of pyridine rings is 1. The predicted octanol–water partition coefficient (Wildman–Crippen LogP) is 3.32. The molecule has 17 heavy (non-hydrogen) atoms. The minimum absolute atomic E-state index is 0.480. The Kier molecular flexibility index (Phi) is 3.63. The molecular formula is C14H18N2O. The van der Waals surface area contributed by atoms with E-state index in [9.17, 15) is 0 Å². The van der Waals surface area contributed by atoms with Crippen LogP contribution in [-0.4, -0.2) is 12.1 Å². The van der Waals surface area contributed by atoms with Gasteiger partial charge in [-0.1, -0.05) is 19.3 Å². The van der Waals surface area contributed by atoms with E-state index in [4.69, 9.17) is 10.00 Å². The molecule has 0 aliphatic heterocycles. The molecule has 1 aliphatic rings. The second-order valence-electron chi connectivity index (χ2n) is 4.70. The molecule has 0 saturated heterocycles. The van der Waals surface area contributed by atoms with Gasteiger partial charge >= 0.3 is 0 Å². The summed E-state index contributed by atoms with van der Waals surface area (Å²) < 4.78 is 5.21. The largest absolute Gasteiger partial charge is 0.480 e. The highest BCUT2D eigenvalue weighted by molar-refractivity contribution is 5.45. The normalized spacial score (nSPS) is 16.5. The maximum absolute atomic E-state index is 9.06. The van der Waals surface area contributed by atoms with Crippen molar-refractivity contribution in [2.24, 2.45) is 0 Å². The summed E-state index contributed by atoms with van der Waals surface area (Å²) in [6.07, 6.45) is 6.33. The van der Waals surface area contributed by atoms with E-state index in [1.54, 1.807) is 7.11 Å². The minimum atomic E-state index is 0.480. The molecule has 0 bridgehead atoms. The summed E-state index contributed by atoms with van der Waals surface area (Å²) in [6, 6.07) is 4.21. The topological polar surface area (TPSA) is 45.9 Å². The van der Waals surface area contributed by atoms with Gasteiger partial charge in [0, 0.05) is 11.6 Å². The molecule has 0 spiro atoms. The van der Waals surface area contributed by atoms with Crippen molar-refractivity contribution < 1.29 is 4.74 Å². The number of nitrogens with zero attached hydrogens (tertiary/aromatic N) is 2. The fourth-order valence-corrected chi connectivity index (χ4v) is 2.56. The lowest BCUT2D eigenvalue weighted by molar-refractivity contribution is 0.385. The van der Waals surface area contributed by atoms with E-state index >= 15 is 0 Å². The number of aryl methyl sites for hydroxylation is 1. The number of rotatable bonds is 2. The molecule has 1 saturated carbocycles. The van der Waals surface area contributed by atoms with Crippen molar-refractivity contribution in [2.45, 2.75) is 44.9 Å². The van der Waals surface area contributed by atoms with Crippen LogP contribution in [0.4, 0.5) is 0 Å². The third-order valence-electron chi connectivity index (χ3n) is 3.53. The number of aromatic nitrogens is 1. The Balaban J connectivity index is 2.35. The molecular weight excluding hydrogens is 212 g/mol. The molecule has 0 aromatic carbocycles. The predicted molar refractivity (Wildman–Crippen MR) is 66.1 cm³/mol. The van der Waals surface area contributed by atoms with Gasteiger partial charge in [0.05, 0.1) is 7.11 Å². The molecule has 1 aromatic rings. The molecule has 90 valence electrons. The van der Waals surface area contributed by atoms with Gasteiger partial charge in [0.25, 0.3) is 0 Å². The number of ether oxygens (including phenoxy) is 1. The maximum atomic E-state index is 9.06. The van der Waals surface area contributed by atoms with Crippen LogP contribution in [-0.2, 0) is 0 Å². The molecule has 2 rings (SSSR count). The fourth-order valence-electron chi connectivity index (χ4n) is 2.56. The summed E-state index contributed by atoms with van der Waals surface area (Å²) in [5.41, 5.74) is 2.63. The van der Waals surface area contributed by atoms with Crippen LogP contribution in [0.3, 0.4) is 0 Å². The Morgan fingerprint density at radius 3 is 2.65 bits per heavy atom. The monoisotopic (exact) mass is 230 g/mol. The smallest absolute Gasteiger partial charge is 0.231 e. The zero-order valence-electron chi connectivity index (χ0n) is 10.5. The molecule has 1 aliphatic carbocycles. The van der Waals surface area contributed by atoms with Crippen LogP contribution >= 0.6 is 0 Å². The fraction of sp³-hybridized carbons (Fsp3) is 0.571. The number of methoxy groups -OCH3 is 1. The molecule has 0 N–H and O–H groups in total. The Morgan fingerprint density at radius 2 is 2.06 bits per heavy atom. The molecule has 3 heteroatoms. The van der Waals surface area contributed by atoms with Gasteiger partial charge in [-0.3, -0.25) is 0 Å². The highest BCUT2D eigenvalue weighted by atomic mass is 16.5. The van der Waals surface area contributed by atoms with Gasteiger partial charge in [0.1, 0.15) is 11.6 Å². The lowest BCUT2D eigenvalue weighted by Crippen LogP contribution is -2.08. The van der Waals surface area contributed by atoms with Crippen molar-refractivity contribution in [3.8, 4) is 11.9 Å². The Labute approximate surface area is 102 Å². The van der Waals surface area contributed by atoms with Gasteiger partial charge < -0.3 is 4.74 Å². The Bertz CT molecular complexity index is 442. The van der Waals surface area contributed by atoms with Crippen molar-refractivity contribution in [2.75, 3.05) is 7.11 Å². The maximum Gasteiger partial charge on any atom is 0.231 e. The van der Waals surface area contributed by atoms with Crippen LogP contribution in [0.25, 0.3) is 0 Å². The summed E-state index contributed by atoms with van der Waals surface area (Å²) in [5, 5.41) is 9.06. The molecule has 0 amide bonds. The van der Waals surface area contributed by atoms with E-state index in [1.165, 1.54) is 32.1 Å². The number of hydrogen-bond acceptors (Lipinski definition) is 3. The van der Waals surface area contributed by atoms with Gasteiger partial charge in [-0.25, -0.2) is 4.98 Å². The van der Waals surface area contributed by atoms with E-state index < -0.39 is 0 Å². The molecule has 3 nitrogen and oxygen atoms in total. The Hall–Kier alpha value is -1.56. The van der Waals surface area contributed by atoms with Gasteiger partial charge in [-0.2, -0.15) is 5.26 Å². The molecule has 0 unspecified atom stereocenters. The van der Waals surface area contributed by atoms with Crippen molar-refractivity contribution in [3.05, 3.63) is 22.9 Å². The second kappa shape index (κ2) is 5.18. The van der Waals surface area contributed by atoms with Crippen LogP contribution < -0.4 is 4.74 Å². The summed E-state index contributed by atoms with van der Waals surface area (Å²) >= 11 is 0. The minimum Gasteiger partial charge on any atom is -0.480 e. The van der Waals surface area contributed by atoms with Crippen molar-refractivity contribution in [1.29, 1.82) is 5.26 Å². The van der Waals surface area contributed by atoms with Crippen LogP contribution in [0.2, 0.25) is 0 Å². The number of hydrogen-bond donors (Lipinski definition) is 0. The van der Waals surface area contributed by atoms with E-state index in [2.05, 4.69) is 17.1 Å². The van der Waals surface area contributed by atoms with Gasteiger partial charge in [0.15, 0.2) is 0 Å². The quantitative estimate of drug-likeness (QED) is 0.783. The second-order valence-corrected chi connectivity index (χ2v) is 4.70. The highest BCUT2D eigenvalue weighted by Crippen LogP contribution is 2.33. The van der Waals surface area contributed by atoms with Gasteiger partial charge in [0.2, 0.25) is 5.88 Å². The first-order valence-corrected chi connectivity index (χ1v) is 6.22. The average Bonchev–Trinajstić information content (AvgIpc) is 2.38. The molecule has 1 fully saturated rings. The van der Waals surface area contributed by atoms with E-state index in [1.807, 2.05) is 6.92 Å². The zero-order chi connectivity index (χ0) is 12.3. The van der Waals surface area contributed by atoms with E-state index in [0.717, 1.165) is 11.3 Å². The lowest BCUT2D eigenvalue weighted by atomic mass is 9.86. The van der Waals surface area contributed by atoms with Crippen LogP contribution in [0.1, 0.15) is 54.8 Å². The SMILES string of the molecule is COc1nc(C2CCCCC2)cc(C)c1C#N.